The molecular formula is C13H18BrNO. The summed E-state index contributed by atoms with van der Waals surface area (Å²) < 4.78 is 0.846. The van der Waals surface area contributed by atoms with Gasteiger partial charge in [0.1, 0.15) is 5.75 Å². The standard InChI is InChI=1S/C13H18BrNO/c1-8-6-11(16)13(14)9(2)12(8)10-4-3-5-15-7-10/h6,10,15-16H,3-5,7H2,1-2H3. The van der Waals surface area contributed by atoms with Crippen molar-refractivity contribution >= 4 is 15.9 Å². The first-order valence-electron chi connectivity index (χ1n) is 5.80. The Morgan fingerprint density at radius 3 is 2.81 bits per heavy atom. The second kappa shape index (κ2) is 4.76. The maximum atomic E-state index is 9.74. The molecule has 0 aliphatic carbocycles. The Morgan fingerprint density at radius 1 is 1.44 bits per heavy atom. The van der Waals surface area contributed by atoms with Gasteiger partial charge in [-0.3, -0.25) is 0 Å². The maximum Gasteiger partial charge on any atom is 0.130 e. The Hall–Kier alpha value is -0.540. The summed E-state index contributed by atoms with van der Waals surface area (Å²) in [4.78, 5) is 0. The zero-order valence-corrected chi connectivity index (χ0v) is 11.4. The van der Waals surface area contributed by atoms with Crippen LogP contribution in [0.5, 0.6) is 5.75 Å². The molecule has 0 amide bonds. The summed E-state index contributed by atoms with van der Waals surface area (Å²) in [7, 11) is 0. The van der Waals surface area contributed by atoms with Crippen molar-refractivity contribution < 1.29 is 5.11 Å². The first-order chi connectivity index (χ1) is 7.61. The van der Waals surface area contributed by atoms with E-state index in [0.717, 1.165) is 17.6 Å². The highest BCUT2D eigenvalue weighted by atomic mass is 79.9. The first-order valence-corrected chi connectivity index (χ1v) is 6.60. The van der Waals surface area contributed by atoms with E-state index in [4.69, 9.17) is 0 Å². The van der Waals surface area contributed by atoms with Crippen molar-refractivity contribution in [3.8, 4) is 5.75 Å². The Bertz CT molecular complexity index is 397. The van der Waals surface area contributed by atoms with Crippen LogP contribution in [0.2, 0.25) is 0 Å². The normalized spacial score (nSPS) is 21.1. The van der Waals surface area contributed by atoms with E-state index >= 15 is 0 Å². The monoisotopic (exact) mass is 283 g/mol. The van der Waals surface area contributed by atoms with Gasteiger partial charge in [0.15, 0.2) is 0 Å². The van der Waals surface area contributed by atoms with Crippen LogP contribution in [-0.4, -0.2) is 18.2 Å². The van der Waals surface area contributed by atoms with Gasteiger partial charge in [0.2, 0.25) is 0 Å². The van der Waals surface area contributed by atoms with Gasteiger partial charge in [-0.1, -0.05) is 0 Å². The van der Waals surface area contributed by atoms with Gasteiger partial charge < -0.3 is 10.4 Å². The van der Waals surface area contributed by atoms with Crippen molar-refractivity contribution in [2.45, 2.75) is 32.6 Å². The summed E-state index contributed by atoms with van der Waals surface area (Å²) in [6.45, 7) is 6.36. The van der Waals surface area contributed by atoms with Crippen molar-refractivity contribution in [2.75, 3.05) is 13.1 Å². The predicted molar refractivity (Wildman–Crippen MR) is 70.1 cm³/mol. The summed E-state index contributed by atoms with van der Waals surface area (Å²) in [5.74, 6) is 0.938. The second-order valence-corrected chi connectivity index (χ2v) is 5.40. The molecular weight excluding hydrogens is 266 g/mol. The minimum absolute atomic E-state index is 0.350. The molecule has 16 heavy (non-hydrogen) atoms. The molecule has 1 aromatic carbocycles. The summed E-state index contributed by atoms with van der Waals surface area (Å²) in [5, 5.41) is 13.2. The molecule has 1 heterocycles. The van der Waals surface area contributed by atoms with Gasteiger partial charge in [0, 0.05) is 6.54 Å². The topological polar surface area (TPSA) is 32.3 Å². The highest BCUT2D eigenvalue weighted by Gasteiger charge is 2.21. The van der Waals surface area contributed by atoms with E-state index in [-0.39, 0.29) is 0 Å². The van der Waals surface area contributed by atoms with Crippen molar-refractivity contribution in [1.82, 2.24) is 5.32 Å². The minimum atomic E-state index is 0.350. The number of hydrogen-bond acceptors (Lipinski definition) is 2. The Morgan fingerprint density at radius 2 is 2.19 bits per heavy atom. The van der Waals surface area contributed by atoms with Gasteiger partial charge in [-0.25, -0.2) is 0 Å². The number of nitrogens with one attached hydrogen (secondary N) is 1. The summed E-state index contributed by atoms with van der Waals surface area (Å²) in [6.07, 6.45) is 2.48. The lowest BCUT2D eigenvalue weighted by Crippen LogP contribution is -2.29. The summed E-state index contributed by atoms with van der Waals surface area (Å²) >= 11 is 3.46. The number of piperidine rings is 1. The van der Waals surface area contributed by atoms with Crippen molar-refractivity contribution in [1.29, 1.82) is 0 Å². The molecule has 88 valence electrons. The molecule has 1 aromatic rings. The number of aryl methyl sites for hydroxylation is 1. The van der Waals surface area contributed by atoms with Crippen molar-refractivity contribution in [3.63, 3.8) is 0 Å². The third-order valence-corrected chi connectivity index (χ3v) is 4.44. The van der Waals surface area contributed by atoms with E-state index in [1.165, 1.54) is 29.5 Å². The Labute approximate surface area is 105 Å². The lowest BCUT2D eigenvalue weighted by molar-refractivity contribution is 0.453. The number of halogens is 1. The van der Waals surface area contributed by atoms with Crippen LogP contribution in [0, 0.1) is 13.8 Å². The van der Waals surface area contributed by atoms with Crippen LogP contribution < -0.4 is 5.32 Å². The molecule has 0 aromatic heterocycles. The fourth-order valence-electron chi connectivity index (χ4n) is 2.68. The van der Waals surface area contributed by atoms with Crippen LogP contribution >= 0.6 is 15.9 Å². The lowest BCUT2D eigenvalue weighted by Gasteiger charge is -2.27. The van der Waals surface area contributed by atoms with Crippen LogP contribution in [0.25, 0.3) is 0 Å². The van der Waals surface area contributed by atoms with E-state index in [9.17, 15) is 5.11 Å². The molecule has 0 radical (unpaired) electrons. The average Bonchev–Trinajstić information content (AvgIpc) is 2.28. The van der Waals surface area contributed by atoms with Gasteiger partial charge in [0.25, 0.3) is 0 Å². The summed E-state index contributed by atoms with van der Waals surface area (Å²) in [5.41, 5.74) is 3.79. The Kier molecular flexibility index (Phi) is 3.55. The van der Waals surface area contributed by atoms with Crippen molar-refractivity contribution in [3.05, 3.63) is 27.2 Å². The number of phenolic OH excluding ortho intramolecular Hbond substituents is 1. The molecule has 1 fully saturated rings. The predicted octanol–water partition coefficient (Wildman–Crippen LogP) is 3.24. The van der Waals surface area contributed by atoms with Crippen LogP contribution in [0.15, 0.2) is 10.5 Å². The minimum Gasteiger partial charge on any atom is -0.507 e. The van der Waals surface area contributed by atoms with E-state index < -0.39 is 0 Å². The van der Waals surface area contributed by atoms with Gasteiger partial charge in [-0.15, -0.1) is 0 Å². The Balaban J connectivity index is 2.42. The fraction of sp³-hybridized carbons (Fsp3) is 0.538. The maximum absolute atomic E-state index is 9.74. The molecule has 1 atom stereocenters. The largest absolute Gasteiger partial charge is 0.507 e. The highest BCUT2D eigenvalue weighted by Crippen LogP contribution is 2.37. The van der Waals surface area contributed by atoms with Gasteiger partial charge >= 0.3 is 0 Å². The number of phenols is 1. The van der Waals surface area contributed by atoms with Gasteiger partial charge in [-0.2, -0.15) is 0 Å². The fourth-order valence-corrected chi connectivity index (χ4v) is 3.01. The van der Waals surface area contributed by atoms with Gasteiger partial charge in [0.05, 0.1) is 4.47 Å². The molecule has 2 N–H and O–H groups in total. The molecule has 0 spiro atoms. The molecule has 1 aliphatic rings. The zero-order chi connectivity index (χ0) is 11.7. The molecule has 1 saturated heterocycles. The molecule has 3 heteroatoms. The zero-order valence-electron chi connectivity index (χ0n) is 9.81. The van der Waals surface area contributed by atoms with Crippen LogP contribution in [-0.2, 0) is 0 Å². The highest BCUT2D eigenvalue weighted by molar-refractivity contribution is 9.10. The van der Waals surface area contributed by atoms with E-state index in [1.807, 2.05) is 6.07 Å². The third kappa shape index (κ3) is 2.11. The van der Waals surface area contributed by atoms with E-state index in [1.54, 1.807) is 0 Å². The molecule has 0 saturated carbocycles. The van der Waals surface area contributed by atoms with Crippen LogP contribution in [0.1, 0.15) is 35.4 Å². The average molecular weight is 284 g/mol. The number of benzene rings is 1. The second-order valence-electron chi connectivity index (χ2n) is 4.61. The SMILES string of the molecule is Cc1cc(O)c(Br)c(C)c1C1CCCNC1. The van der Waals surface area contributed by atoms with Gasteiger partial charge in [-0.05, 0) is 77.8 Å². The van der Waals surface area contributed by atoms with Crippen LogP contribution in [0.4, 0.5) is 0 Å². The molecule has 0 bridgehead atoms. The van der Waals surface area contributed by atoms with Crippen molar-refractivity contribution in [2.24, 2.45) is 0 Å². The molecule has 2 nitrogen and oxygen atoms in total. The third-order valence-electron chi connectivity index (χ3n) is 3.44. The number of hydrogen-bond donors (Lipinski definition) is 2. The number of aromatic hydroxyl groups is 1. The molecule has 1 aliphatic heterocycles. The quantitative estimate of drug-likeness (QED) is 0.829. The lowest BCUT2D eigenvalue weighted by atomic mass is 9.86. The van der Waals surface area contributed by atoms with Crippen LogP contribution in [0.3, 0.4) is 0 Å². The molecule has 1 unspecified atom stereocenters. The van der Waals surface area contributed by atoms with E-state index in [0.29, 0.717) is 11.7 Å². The van der Waals surface area contributed by atoms with E-state index in [2.05, 4.69) is 35.1 Å². The number of rotatable bonds is 1. The summed E-state index contributed by atoms with van der Waals surface area (Å²) in [6, 6.07) is 1.86. The first kappa shape index (κ1) is 11.9. The smallest absolute Gasteiger partial charge is 0.130 e. The molecule has 2 rings (SSSR count).